The van der Waals surface area contributed by atoms with Gasteiger partial charge in [0.15, 0.2) is 0 Å². The molecular formula is C19H41NO. The summed E-state index contributed by atoms with van der Waals surface area (Å²) in [6.07, 6.45) is 20.3. The van der Waals surface area contributed by atoms with Gasteiger partial charge < -0.3 is 10.4 Å². The van der Waals surface area contributed by atoms with Gasteiger partial charge >= 0.3 is 0 Å². The van der Waals surface area contributed by atoms with Gasteiger partial charge in [0.2, 0.25) is 0 Å². The average Bonchev–Trinajstić information content (AvgIpc) is 2.48. The third-order valence-electron chi connectivity index (χ3n) is 4.33. The lowest BCUT2D eigenvalue weighted by Gasteiger charge is -2.09. The molecule has 0 saturated carbocycles. The Bertz CT molecular complexity index is 184. The molecule has 2 nitrogen and oxygen atoms in total. The second-order valence-electron chi connectivity index (χ2n) is 6.60. The van der Waals surface area contributed by atoms with E-state index in [-0.39, 0.29) is 6.10 Å². The van der Waals surface area contributed by atoms with E-state index < -0.39 is 0 Å². The van der Waals surface area contributed by atoms with Crippen LogP contribution in [-0.4, -0.2) is 24.8 Å². The van der Waals surface area contributed by atoms with Crippen LogP contribution in [0.2, 0.25) is 0 Å². The van der Waals surface area contributed by atoms with Crippen LogP contribution >= 0.6 is 0 Å². The number of aliphatic hydroxyl groups excluding tert-OH is 1. The molecule has 0 fully saturated rings. The molecule has 0 aliphatic heterocycles. The van der Waals surface area contributed by atoms with Crippen LogP contribution in [0.25, 0.3) is 0 Å². The van der Waals surface area contributed by atoms with E-state index in [4.69, 9.17) is 0 Å². The monoisotopic (exact) mass is 299 g/mol. The Hall–Kier alpha value is -0.0800. The van der Waals surface area contributed by atoms with Gasteiger partial charge in [-0.25, -0.2) is 0 Å². The number of nitrogens with one attached hydrogen (secondary N) is 1. The van der Waals surface area contributed by atoms with Crippen molar-refractivity contribution < 1.29 is 5.11 Å². The van der Waals surface area contributed by atoms with Crippen LogP contribution < -0.4 is 5.32 Å². The highest BCUT2D eigenvalue weighted by Crippen LogP contribution is 2.13. The maximum atomic E-state index is 9.58. The lowest BCUT2D eigenvalue weighted by atomic mass is 10.0. The van der Waals surface area contributed by atoms with Gasteiger partial charge in [0.1, 0.15) is 0 Å². The van der Waals surface area contributed by atoms with Gasteiger partial charge in [0.25, 0.3) is 0 Å². The highest BCUT2D eigenvalue weighted by atomic mass is 16.3. The van der Waals surface area contributed by atoms with Crippen LogP contribution in [0.15, 0.2) is 0 Å². The molecule has 2 heteroatoms. The smallest absolute Gasteiger partial charge is 0.0664 e. The Morgan fingerprint density at radius 3 is 1.43 bits per heavy atom. The first-order valence-electron chi connectivity index (χ1n) is 9.64. The maximum Gasteiger partial charge on any atom is 0.0664 e. The summed E-state index contributed by atoms with van der Waals surface area (Å²) in [6, 6.07) is 0. The van der Waals surface area contributed by atoms with Crippen LogP contribution in [0.1, 0.15) is 103 Å². The predicted octanol–water partition coefficient (Wildman–Crippen LogP) is 5.44. The van der Waals surface area contributed by atoms with Gasteiger partial charge in [-0.3, -0.25) is 0 Å². The van der Waals surface area contributed by atoms with Crippen molar-refractivity contribution in [3.05, 3.63) is 0 Å². The van der Waals surface area contributed by atoms with E-state index >= 15 is 0 Å². The van der Waals surface area contributed by atoms with Crippen LogP contribution in [-0.2, 0) is 0 Å². The number of rotatable bonds is 17. The zero-order chi connectivity index (χ0) is 15.6. The highest BCUT2D eigenvalue weighted by molar-refractivity contribution is 4.57. The Labute approximate surface area is 134 Å². The standard InChI is InChI=1S/C19H41NO/c1-3-4-5-6-7-8-9-10-11-12-13-14-15-16-17-19(21)18-20-2/h19-21H,3-18H2,1-2H3. The molecule has 0 saturated heterocycles. The van der Waals surface area contributed by atoms with E-state index in [1.165, 1.54) is 89.9 Å². The molecule has 0 aliphatic rings. The minimum Gasteiger partial charge on any atom is -0.392 e. The van der Waals surface area contributed by atoms with Crippen molar-refractivity contribution in [1.82, 2.24) is 5.32 Å². The van der Waals surface area contributed by atoms with Gasteiger partial charge in [-0.2, -0.15) is 0 Å². The Balaban J connectivity index is 2.99. The summed E-state index contributed by atoms with van der Waals surface area (Å²) >= 11 is 0. The zero-order valence-corrected chi connectivity index (χ0v) is 14.8. The molecule has 0 rings (SSSR count). The minimum absolute atomic E-state index is 0.146. The molecule has 0 aliphatic carbocycles. The van der Waals surface area contributed by atoms with E-state index in [1.807, 2.05) is 7.05 Å². The van der Waals surface area contributed by atoms with Crippen LogP contribution in [0.3, 0.4) is 0 Å². The molecule has 1 unspecified atom stereocenters. The number of unbranched alkanes of at least 4 members (excludes halogenated alkanes) is 13. The van der Waals surface area contributed by atoms with Crippen LogP contribution in [0.4, 0.5) is 0 Å². The van der Waals surface area contributed by atoms with Gasteiger partial charge in [-0.05, 0) is 13.5 Å². The van der Waals surface area contributed by atoms with Gasteiger partial charge in [-0.15, -0.1) is 0 Å². The minimum atomic E-state index is -0.146. The van der Waals surface area contributed by atoms with Crippen LogP contribution in [0, 0.1) is 0 Å². The predicted molar refractivity (Wildman–Crippen MR) is 94.9 cm³/mol. The van der Waals surface area contributed by atoms with E-state index in [1.54, 1.807) is 0 Å². The van der Waals surface area contributed by atoms with E-state index in [2.05, 4.69) is 12.2 Å². The molecule has 0 aromatic rings. The summed E-state index contributed by atoms with van der Waals surface area (Å²) in [5.74, 6) is 0. The number of hydrogen-bond donors (Lipinski definition) is 2. The second-order valence-corrected chi connectivity index (χ2v) is 6.60. The molecule has 0 bridgehead atoms. The van der Waals surface area contributed by atoms with Crippen molar-refractivity contribution in [2.75, 3.05) is 13.6 Å². The van der Waals surface area contributed by atoms with Crippen molar-refractivity contribution in [3.8, 4) is 0 Å². The molecule has 0 radical (unpaired) electrons. The van der Waals surface area contributed by atoms with E-state index in [0.717, 1.165) is 13.0 Å². The summed E-state index contributed by atoms with van der Waals surface area (Å²) in [4.78, 5) is 0. The molecule has 21 heavy (non-hydrogen) atoms. The lowest BCUT2D eigenvalue weighted by Crippen LogP contribution is -2.23. The van der Waals surface area contributed by atoms with Crippen molar-refractivity contribution in [3.63, 3.8) is 0 Å². The Morgan fingerprint density at radius 1 is 0.667 bits per heavy atom. The number of hydrogen-bond acceptors (Lipinski definition) is 2. The quantitative estimate of drug-likeness (QED) is 0.351. The third kappa shape index (κ3) is 17.9. The molecule has 0 spiro atoms. The summed E-state index contributed by atoms with van der Waals surface area (Å²) in [5, 5.41) is 12.6. The van der Waals surface area contributed by atoms with Gasteiger partial charge in [0.05, 0.1) is 6.10 Å². The first-order valence-corrected chi connectivity index (χ1v) is 9.64. The Morgan fingerprint density at radius 2 is 1.05 bits per heavy atom. The summed E-state index contributed by atoms with van der Waals surface area (Å²) in [6.45, 7) is 3.02. The molecule has 128 valence electrons. The lowest BCUT2D eigenvalue weighted by molar-refractivity contribution is 0.160. The summed E-state index contributed by atoms with van der Waals surface area (Å²) in [5.41, 5.74) is 0. The third-order valence-corrected chi connectivity index (χ3v) is 4.33. The van der Waals surface area contributed by atoms with Gasteiger partial charge in [-0.1, -0.05) is 96.8 Å². The zero-order valence-electron chi connectivity index (χ0n) is 14.8. The van der Waals surface area contributed by atoms with Gasteiger partial charge in [0, 0.05) is 6.54 Å². The molecule has 0 aromatic heterocycles. The molecule has 1 atom stereocenters. The van der Waals surface area contributed by atoms with Crippen molar-refractivity contribution in [1.29, 1.82) is 0 Å². The first kappa shape index (κ1) is 20.9. The maximum absolute atomic E-state index is 9.58. The normalized spacial score (nSPS) is 12.7. The molecular weight excluding hydrogens is 258 g/mol. The fraction of sp³-hybridized carbons (Fsp3) is 1.00. The van der Waals surface area contributed by atoms with Crippen LogP contribution in [0.5, 0.6) is 0 Å². The highest BCUT2D eigenvalue weighted by Gasteiger charge is 2.01. The SMILES string of the molecule is CCCCCCCCCCCCCCCCC(O)CNC. The number of likely N-dealkylation sites (N-methyl/N-ethyl adjacent to an activating group) is 1. The first-order chi connectivity index (χ1) is 10.3. The average molecular weight is 300 g/mol. The topological polar surface area (TPSA) is 32.3 Å². The van der Waals surface area contributed by atoms with Crippen molar-refractivity contribution >= 4 is 0 Å². The fourth-order valence-electron chi connectivity index (χ4n) is 2.91. The number of aliphatic hydroxyl groups is 1. The molecule has 0 amide bonds. The largest absolute Gasteiger partial charge is 0.392 e. The molecule has 0 heterocycles. The van der Waals surface area contributed by atoms with E-state index in [0.29, 0.717) is 0 Å². The van der Waals surface area contributed by atoms with Crippen molar-refractivity contribution in [2.24, 2.45) is 0 Å². The molecule has 2 N–H and O–H groups in total. The van der Waals surface area contributed by atoms with E-state index in [9.17, 15) is 5.11 Å². The molecule has 0 aromatic carbocycles. The van der Waals surface area contributed by atoms with Crippen molar-refractivity contribution in [2.45, 2.75) is 109 Å². The Kier molecular flexibility index (Phi) is 17.9. The fourth-order valence-corrected chi connectivity index (χ4v) is 2.91. The second kappa shape index (κ2) is 18.0. The summed E-state index contributed by atoms with van der Waals surface area (Å²) in [7, 11) is 1.90. The summed E-state index contributed by atoms with van der Waals surface area (Å²) < 4.78 is 0.